The van der Waals surface area contributed by atoms with Gasteiger partial charge in [-0.3, -0.25) is 0 Å². The Labute approximate surface area is 214 Å². The van der Waals surface area contributed by atoms with E-state index in [4.69, 9.17) is 28.4 Å². The zero-order valence-electron chi connectivity index (χ0n) is 21.0. The number of methoxy groups -OCH3 is 1. The van der Waals surface area contributed by atoms with Gasteiger partial charge in [-0.15, -0.1) is 0 Å². The van der Waals surface area contributed by atoms with Gasteiger partial charge in [-0.2, -0.15) is 0 Å². The number of benzene rings is 3. The Bertz CT molecular complexity index is 984. The standard InChI is InChI=1S/C30H36O6/c1-3-32-22-26-27(33-19-23-13-7-4-8-14-23)28(34-20-24-15-9-5-10-16-24)29(30(31-2)36-26)35-21-25-17-11-6-12-18-25/h4-18,26-30H,3,19-22H2,1-2H3/t26-,27+,28+,29-,30+/m1/s1. The smallest absolute Gasteiger partial charge is 0.186 e. The van der Waals surface area contributed by atoms with Gasteiger partial charge in [0.05, 0.1) is 26.4 Å². The van der Waals surface area contributed by atoms with Gasteiger partial charge in [0.2, 0.25) is 0 Å². The first-order chi connectivity index (χ1) is 17.8. The average molecular weight is 493 g/mol. The summed E-state index contributed by atoms with van der Waals surface area (Å²) in [5, 5.41) is 0. The molecule has 36 heavy (non-hydrogen) atoms. The molecule has 4 rings (SSSR count). The van der Waals surface area contributed by atoms with Gasteiger partial charge in [0, 0.05) is 13.7 Å². The molecule has 0 radical (unpaired) electrons. The molecular formula is C30H36O6. The van der Waals surface area contributed by atoms with Crippen LogP contribution in [0.25, 0.3) is 0 Å². The lowest BCUT2D eigenvalue weighted by atomic mass is 9.98. The topological polar surface area (TPSA) is 55.4 Å². The van der Waals surface area contributed by atoms with E-state index < -0.39 is 24.6 Å². The predicted octanol–water partition coefficient (Wildman–Crippen LogP) is 5.15. The first kappa shape index (κ1) is 26.5. The third-order valence-corrected chi connectivity index (χ3v) is 6.17. The highest BCUT2D eigenvalue weighted by molar-refractivity contribution is 5.15. The minimum Gasteiger partial charge on any atom is -0.379 e. The van der Waals surface area contributed by atoms with Crippen molar-refractivity contribution in [1.29, 1.82) is 0 Å². The summed E-state index contributed by atoms with van der Waals surface area (Å²) < 4.78 is 37.3. The normalized spacial score (nSPS) is 24.0. The summed E-state index contributed by atoms with van der Waals surface area (Å²) in [5.74, 6) is 0. The second kappa shape index (κ2) is 14.2. The van der Waals surface area contributed by atoms with E-state index in [0.717, 1.165) is 16.7 Å². The van der Waals surface area contributed by atoms with E-state index in [9.17, 15) is 0 Å². The maximum atomic E-state index is 6.55. The first-order valence-corrected chi connectivity index (χ1v) is 12.5. The Morgan fingerprint density at radius 2 is 1.06 bits per heavy atom. The molecular weight excluding hydrogens is 456 g/mol. The van der Waals surface area contributed by atoms with Gasteiger partial charge in [-0.1, -0.05) is 91.0 Å². The predicted molar refractivity (Wildman–Crippen MR) is 137 cm³/mol. The lowest BCUT2D eigenvalue weighted by Gasteiger charge is -2.45. The Morgan fingerprint density at radius 1 is 0.611 bits per heavy atom. The summed E-state index contributed by atoms with van der Waals surface area (Å²) in [4.78, 5) is 0. The summed E-state index contributed by atoms with van der Waals surface area (Å²) >= 11 is 0. The fourth-order valence-corrected chi connectivity index (χ4v) is 4.30. The number of rotatable bonds is 13. The molecule has 3 aromatic rings. The molecule has 192 valence electrons. The molecule has 0 amide bonds. The van der Waals surface area contributed by atoms with Crippen LogP contribution in [-0.2, 0) is 48.2 Å². The van der Waals surface area contributed by atoms with Crippen LogP contribution in [0.2, 0.25) is 0 Å². The van der Waals surface area contributed by atoms with Gasteiger partial charge in [0.15, 0.2) is 6.29 Å². The minimum absolute atomic E-state index is 0.367. The Balaban J connectivity index is 1.58. The molecule has 6 heteroatoms. The number of ether oxygens (including phenoxy) is 6. The van der Waals surface area contributed by atoms with Crippen molar-refractivity contribution < 1.29 is 28.4 Å². The summed E-state index contributed by atoms with van der Waals surface area (Å²) in [7, 11) is 1.63. The quantitative estimate of drug-likeness (QED) is 0.329. The van der Waals surface area contributed by atoms with Crippen LogP contribution in [0.1, 0.15) is 23.6 Å². The second-order valence-electron chi connectivity index (χ2n) is 8.72. The van der Waals surface area contributed by atoms with Crippen LogP contribution in [0.15, 0.2) is 91.0 Å². The fraction of sp³-hybridized carbons (Fsp3) is 0.400. The van der Waals surface area contributed by atoms with E-state index in [1.165, 1.54) is 0 Å². The Morgan fingerprint density at radius 3 is 1.50 bits per heavy atom. The van der Waals surface area contributed by atoms with Crippen molar-refractivity contribution in [3.8, 4) is 0 Å². The molecule has 5 atom stereocenters. The van der Waals surface area contributed by atoms with Crippen molar-refractivity contribution in [3.05, 3.63) is 108 Å². The Hall–Kier alpha value is -2.58. The van der Waals surface area contributed by atoms with Gasteiger partial charge in [-0.05, 0) is 23.6 Å². The molecule has 0 unspecified atom stereocenters. The highest BCUT2D eigenvalue weighted by atomic mass is 16.7. The molecule has 1 saturated heterocycles. The SMILES string of the molecule is CCOC[C@H]1O[C@H](OC)[C@H](OCc2ccccc2)[C@@H](OCc2ccccc2)[C@H]1OCc1ccccc1. The summed E-state index contributed by atoms with van der Waals surface area (Å²) in [5.41, 5.74) is 3.21. The summed E-state index contributed by atoms with van der Waals surface area (Å²) in [6.45, 7) is 4.15. The van der Waals surface area contributed by atoms with E-state index in [0.29, 0.717) is 33.0 Å². The molecule has 0 N–H and O–H groups in total. The van der Waals surface area contributed by atoms with Crippen molar-refractivity contribution in [3.63, 3.8) is 0 Å². The molecule has 0 spiro atoms. The van der Waals surface area contributed by atoms with Gasteiger partial charge in [0.25, 0.3) is 0 Å². The maximum absolute atomic E-state index is 6.55. The van der Waals surface area contributed by atoms with Crippen molar-refractivity contribution in [1.82, 2.24) is 0 Å². The van der Waals surface area contributed by atoms with Crippen LogP contribution in [0.4, 0.5) is 0 Å². The second-order valence-corrected chi connectivity index (χ2v) is 8.72. The fourth-order valence-electron chi connectivity index (χ4n) is 4.30. The lowest BCUT2D eigenvalue weighted by Crippen LogP contribution is -2.61. The first-order valence-electron chi connectivity index (χ1n) is 12.5. The van der Waals surface area contributed by atoms with E-state index >= 15 is 0 Å². The minimum atomic E-state index is -0.628. The van der Waals surface area contributed by atoms with Crippen LogP contribution >= 0.6 is 0 Å². The van der Waals surface area contributed by atoms with E-state index in [2.05, 4.69) is 0 Å². The van der Waals surface area contributed by atoms with Crippen molar-refractivity contribution >= 4 is 0 Å². The summed E-state index contributed by atoms with van der Waals surface area (Å²) in [6.07, 6.45) is -2.38. The van der Waals surface area contributed by atoms with Crippen molar-refractivity contribution in [2.75, 3.05) is 20.3 Å². The molecule has 6 nitrogen and oxygen atoms in total. The lowest BCUT2D eigenvalue weighted by molar-refractivity contribution is -0.322. The average Bonchev–Trinajstić information content (AvgIpc) is 2.94. The molecule has 1 fully saturated rings. The molecule has 1 aliphatic heterocycles. The van der Waals surface area contributed by atoms with Gasteiger partial charge >= 0.3 is 0 Å². The molecule has 0 aliphatic carbocycles. The zero-order valence-corrected chi connectivity index (χ0v) is 21.0. The van der Waals surface area contributed by atoms with Gasteiger partial charge in [0.1, 0.15) is 24.4 Å². The van der Waals surface area contributed by atoms with Crippen LogP contribution in [0, 0.1) is 0 Å². The van der Waals surface area contributed by atoms with Crippen LogP contribution in [-0.4, -0.2) is 51.0 Å². The molecule has 0 aromatic heterocycles. The van der Waals surface area contributed by atoms with Gasteiger partial charge < -0.3 is 28.4 Å². The van der Waals surface area contributed by atoms with Gasteiger partial charge in [-0.25, -0.2) is 0 Å². The molecule has 0 saturated carbocycles. The monoisotopic (exact) mass is 492 g/mol. The molecule has 1 aliphatic rings. The van der Waals surface area contributed by atoms with Crippen molar-refractivity contribution in [2.24, 2.45) is 0 Å². The van der Waals surface area contributed by atoms with E-state index in [1.54, 1.807) is 7.11 Å². The van der Waals surface area contributed by atoms with Crippen LogP contribution in [0.5, 0.6) is 0 Å². The number of hydrogen-bond acceptors (Lipinski definition) is 6. The Kier molecular flexibility index (Phi) is 10.5. The molecule has 3 aromatic carbocycles. The molecule has 1 heterocycles. The maximum Gasteiger partial charge on any atom is 0.186 e. The van der Waals surface area contributed by atoms with Crippen molar-refractivity contribution in [2.45, 2.75) is 57.5 Å². The van der Waals surface area contributed by atoms with Crippen LogP contribution < -0.4 is 0 Å². The highest BCUT2D eigenvalue weighted by Gasteiger charge is 2.48. The molecule has 0 bridgehead atoms. The van der Waals surface area contributed by atoms with E-state index in [-0.39, 0.29) is 6.10 Å². The van der Waals surface area contributed by atoms with Crippen LogP contribution in [0.3, 0.4) is 0 Å². The summed E-state index contributed by atoms with van der Waals surface area (Å²) in [6, 6.07) is 30.2. The largest absolute Gasteiger partial charge is 0.379 e. The zero-order chi connectivity index (χ0) is 25.0. The third-order valence-electron chi connectivity index (χ3n) is 6.17. The number of hydrogen-bond donors (Lipinski definition) is 0. The van der Waals surface area contributed by atoms with E-state index in [1.807, 2.05) is 97.9 Å². The highest BCUT2D eigenvalue weighted by Crippen LogP contribution is 2.31. The third kappa shape index (κ3) is 7.46.